The maximum atomic E-state index is 16.2. The van der Waals surface area contributed by atoms with E-state index in [0.29, 0.717) is 12.1 Å². The Bertz CT molecular complexity index is 6890. The Hall–Kier alpha value is -18.5. The molecule has 1 spiro atoms. The number of aliphatic hydroxyl groups is 2. The summed E-state index contributed by atoms with van der Waals surface area (Å²) in [6, 6.07) is 2.00. The number of ketones is 1. The molecule has 1 aliphatic carbocycles. The maximum Gasteiger partial charge on any atom is 0.339 e. The minimum atomic E-state index is -3.85. The Morgan fingerprint density at radius 2 is 0.695 bits per heavy atom. The minimum Gasteiger partial charge on any atom is -0.504 e. The first kappa shape index (κ1) is 84.7. The second kappa shape index (κ2) is 29.0. The fourth-order valence-electron chi connectivity index (χ4n) is 17.0. The van der Waals surface area contributed by atoms with Gasteiger partial charge in [-0.25, -0.2) is 43.2 Å². The Morgan fingerprint density at radius 3 is 1.13 bits per heavy atom. The van der Waals surface area contributed by atoms with Crippen LogP contribution in [0.4, 0.5) is 0 Å². The molecule has 12 unspecified atom stereocenters. The highest BCUT2D eigenvalue weighted by Crippen LogP contribution is 2.68. The summed E-state index contributed by atoms with van der Waals surface area (Å²) in [5, 5.41) is 319. The van der Waals surface area contributed by atoms with Crippen LogP contribution in [0.5, 0.6) is 155 Å². The summed E-state index contributed by atoms with van der Waals surface area (Å²) in [5.41, 5.74) is -30.4. The standard InChI is InChI=1S/C81H52O50/c82-20-1-12(2-21(83)44(20)90)72(112)124-30-11-122-74(114)15-4-23(85)46(92)53(99)32(15)34-17(6-25(87)48(94)55(34)101)76(116)126-64(30)68-66-42-37-13(71(110)111)9-28(51(97)65(37)131-81(42)43(80(120)127-66)40(61(107)70(81)109)36-19(78(118)129-68)8-27(89)50(96)57(36)103)123-29-10-121-73(113)14-3-22(84)45(91)52(98)31(14)33-16(5-24(86)47(93)54(33)100)75(115)125-63(29)69-67-60(106)41-39(79(119)128-67)38(58(104)62(108)59(41)105)35-18(77(117)130-69)7-26(88)49(95)56(35)102/h1-9,29-30,42-43,60,63-64,66-69,82-108H,10-11H2,(H,110,111). The summed E-state index contributed by atoms with van der Waals surface area (Å²) in [5.74, 6) is -75.4. The molecule has 1 fully saturated rings. The van der Waals surface area contributed by atoms with Gasteiger partial charge >= 0.3 is 59.7 Å². The number of aliphatic hydroxyl groups excluding tert-OH is 2. The second-order valence-electron chi connectivity index (χ2n) is 29.9. The van der Waals surface area contributed by atoms with E-state index in [1.165, 1.54) is 0 Å². The number of aromatic hydroxyl groups is 25. The van der Waals surface area contributed by atoms with Crippen LogP contribution in [0.1, 0.15) is 122 Å². The molecule has 8 heterocycles. The van der Waals surface area contributed by atoms with Gasteiger partial charge in [0.25, 0.3) is 0 Å². The largest absolute Gasteiger partial charge is 0.504 e. The van der Waals surface area contributed by atoms with Crippen molar-refractivity contribution in [1.29, 1.82) is 0 Å². The fraction of sp³-hybridized carbons (Fsp3) is 0.173. The maximum absolute atomic E-state index is 16.2. The zero-order valence-electron chi connectivity index (χ0n) is 64.0. The molecule has 0 aromatic heterocycles. The third kappa shape index (κ3) is 11.9. The highest BCUT2D eigenvalue weighted by Gasteiger charge is 2.77. The number of rotatable bonds is 7. The molecule has 18 rings (SSSR count). The molecule has 28 N–H and O–H groups in total. The number of aromatic carboxylic acids is 1. The van der Waals surface area contributed by atoms with Crippen LogP contribution in [0.3, 0.4) is 0 Å². The summed E-state index contributed by atoms with van der Waals surface area (Å²) in [7, 11) is 0. The van der Waals surface area contributed by atoms with E-state index in [1.807, 2.05) is 0 Å². The van der Waals surface area contributed by atoms with Crippen molar-refractivity contribution in [2.24, 2.45) is 5.92 Å². The first-order valence-electron chi connectivity index (χ1n) is 36.9. The number of carboxylic acid groups (broad SMARTS) is 1. The number of phenolic OH excluding ortho intramolecular Hbond substituents is 25. The van der Waals surface area contributed by atoms with E-state index in [9.17, 15) is 162 Å². The van der Waals surface area contributed by atoms with Gasteiger partial charge in [0.15, 0.2) is 164 Å². The van der Waals surface area contributed by atoms with Crippen LogP contribution in [0.25, 0.3) is 39.0 Å². The number of esters is 9. The molecule has 12 atom stereocenters. The zero-order chi connectivity index (χ0) is 94.9. The average Bonchev–Trinajstić information content (AvgIpc) is 1.51. The number of carbonyl (C=O) groups excluding carboxylic acids is 10. The molecule has 131 heavy (non-hydrogen) atoms. The van der Waals surface area contributed by atoms with Crippen LogP contribution in [-0.4, -0.2) is 276 Å². The van der Waals surface area contributed by atoms with Gasteiger partial charge < -0.3 is 195 Å². The van der Waals surface area contributed by atoms with Gasteiger partial charge in [-0.15, -0.1) is 0 Å². The van der Waals surface area contributed by atoms with Crippen molar-refractivity contribution in [1.82, 2.24) is 0 Å². The van der Waals surface area contributed by atoms with E-state index in [4.69, 9.17) is 52.1 Å². The molecule has 9 aromatic carbocycles. The van der Waals surface area contributed by atoms with Gasteiger partial charge in [0, 0.05) is 55.6 Å². The van der Waals surface area contributed by atoms with Gasteiger partial charge in [0.2, 0.25) is 57.4 Å². The zero-order valence-corrected chi connectivity index (χ0v) is 64.0. The summed E-state index contributed by atoms with van der Waals surface area (Å²) in [6.45, 7) is -3.81. The summed E-state index contributed by atoms with van der Waals surface area (Å²) >= 11 is 0. The Morgan fingerprint density at radius 1 is 0.336 bits per heavy atom. The van der Waals surface area contributed by atoms with E-state index in [-0.39, 0.29) is 42.5 Å². The monoisotopic (exact) mass is 1820 g/mol. The number of hydrogen-bond donors (Lipinski definition) is 28. The van der Waals surface area contributed by atoms with Crippen molar-refractivity contribution in [3.8, 4) is 189 Å². The van der Waals surface area contributed by atoms with Gasteiger partial charge in [-0.3, -0.25) is 9.59 Å². The molecule has 50 nitrogen and oxygen atoms in total. The molecule has 8 bridgehead atoms. The summed E-state index contributed by atoms with van der Waals surface area (Å²) in [6.07, 6.45) is -28.7. The fourth-order valence-corrected chi connectivity index (χ4v) is 17.0. The Kier molecular flexibility index (Phi) is 18.8. The normalized spacial score (nSPS) is 22.8. The number of ether oxygens (including phenoxy) is 11. The van der Waals surface area contributed by atoms with Crippen LogP contribution in [0, 0.1) is 5.92 Å². The Labute approximate surface area is 717 Å². The van der Waals surface area contributed by atoms with Crippen molar-refractivity contribution in [2.45, 2.75) is 66.5 Å². The Balaban J connectivity index is 0.915. The lowest BCUT2D eigenvalue weighted by Crippen LogP contribution is -2.65. The molecular weight excluding hydrogens is 1770 g/mol. The molecule has 1 saturated heterocycles. The highest BCUT2D eigenvalue weighted by atomic mass is 16.7. The topological polar surface area (TPSA) is 856 Å². The van der Waals surface area contributed by atoms with Crippen LogP contribution >= 0.6 is 0 Å². The number of phenols is 25. The second-order valence-corrected chi connectivity index (χ2v) is 29.9. The van der Waals surface area contributed by atoms with Crippen LogP contribution in [0.2, 0.25) is 0 Å². The van der Waals surface area contributed by atoms with Crippen molar-refractivity contribution in [3.63, 3.8) is 0 Å². The third-order valence-electron chi connectivity index (χ3n) is 22.9. The number of fused-ring (bicyclic) bond motifs is 12. The molecule has 8 aliphatic heterocycles. The van der Waals surface area contributed by atoms with Crippen LogP contribution in [-0.2, 0) is 52.2 Å². The number of hydrogen-bond acceptors (Lipinski definition) is 49. The summed E-state index contributed by atoms with van der Waals surface area (Å²) < 4.78 is 65.1. The van der Waals surface area contributed by atoms with E-state index in [1.54, 1.807) is 0 Å². The number of benzene rings is 9. The van der Waals surface area contributed by atoms with E-state index >= 15 is 33.6 Å². The summed E-state index contributed by atoms with van der Waals surface area (Å²) in [4.78, 5) is 169. The predicted octanol–water partition coefficient (Wildman–Crippen LogP) is 2.45. The number of carbonyl (C=O) groups is 11. The van der Waals surface area contributed by atoms with Crippen molar-refractivity contribution < 1.29 is 248 Å². The quantitative estimate of drug-likeness (QED) is 0.0619. The number of cyclic esters (lactones) is 5. The molecule has 0 radical (unpaired) electrons. The van der Waals surface area contributed by atoms with Crippen molar-refractivity contribution in [2.75, 3.05) is 13.2 Å². The number of Topliss-reactive ketones (excluding diaryl/α,β-unsaturated/α-hetero) is 1. The van der Waals surface area contributed by atoms with Gasteiger partial charge in [-0.05, 0) is 54.6 Å². The molecular formula is C81H52O50. The van der Waals surface area contributed by atoms with Gasteiger partial charge in [-0.2, -0.15) is 0 Å². The first-order valence-corrected chi connectivity index (χ1v) is 36.9. The van der Waals surface area contributed by atoms with E-state index in [0.717, 1.165) is 0 Å². The highest BCUT2D eigenvalue weighted by molar-refractivity contribution is 6.22. The van der Waals surface area contributed by atoms with E-state index < -0.39 is 418 Å². The molecule has 9 aromatic rings. The van der Waals surface area contributed by atoms with Gasteiger partial charge in [0.05, 0.1) is 56.0 Å². The van der Waals surface area contributed by atoms with E-state index in [2.05, 4.69) is 0 Å². The molecule has 50 heteroatoms. The lowest BCUT2D eigenvalue weighted by Gasteiger charge is -2.47. The lowest BCUT2D eigenvalue weighted by molar-refractivity contribution is -0.200. The third-order valence-corrected chi connectivity index (χ3v) is 22.9. The molecule has 0 saturated carbocycles. The molecule has 676 valence electrons. The average molecular weight is 1830 g/mol. The van der Waals surface area contributed by atoms with Gasteiger partial charge in [0.1, 0.15) is 25.2 Å². The predicted molar refractivity (Wildman–Crippen MR) is 403 cm³/mol. The van der Waals surface area contributed by atoms with Crippen molar-refractivity contribution >= 4 is 71.0 Å². The molecule has 0 amide bonds. The number of carboxylic acids is 1. The van der Waals surface area contributed by atoms with Gasteiger partial charge in [-0.1, -0.05) is 0 Å². The van der Waals surface area contributed by atoms with Crippen LogP contribution < -0.4 is 9.47 Å². The van der Waals surface area contributed by atoms with Crippen molar-refractivity contribution in [3.05, 3.63) is 127 Å². The molecule has 9 aliphatic rings. The lowest BCUT2D eigenvalue weighted by atomic mass is 9.66. The SMILES string of the molecule is O=C(OC1COC(=O)c2cc(O)c(O)c(O)c2-c2c(cc(O)c(O)c2O)C(=O)OC1C1OC(=O)c2cc(O)c(O)c(O)c2C2=C(O)C(=O)C34Oc5c(O)c(OC6COC(=O)c7cc(O)c(O)c(O)c7-c7c(cc(O)c(O)c7O)C(=O)OC6C6OC(=O)c7cc(O)c(O)c(O)c7-c7c(O)c(O)c(O)c8c7C(=O)OC6C8O)cc(C(=O)O)c5C3C1OC(=O)C24)c1cc(O)c(O)c(O)c1. The smallest absolute Gasteiger partial charge is 0.339 e. The van der Waals surface area contributed by atoms with Crippen LogP contribution in [0.15, 0.2) is 60.4 Å². The first-order chi connectivity index (χ1) is 61.7. The minimum absolute atomic E-state index is 0.0968.